The molecule has 1 aromatic heterocycles. The molecule has 0 aliphatic rings. The van der Waals surface area contributed by atoms with Crippen molar-refractivity contribution in [1.29, 1.82) is 0 Å². The third-order valence-corrected chi connectivity index (χ3v) is 4.16. The van der Waals surface area contributed by atoms with Crippen molar-refractivity contribution in [3.05, 3.63) is 109 Å². The van der Waals surface area contributed by atoms with Crippen LogP contribution in [0.15, 0.2) is 102 Å². The first-order chi connectivity index (χ1) is 13.8. The second-order valence-electron chi connectivity index (χ2n) is 6.03. The number of benzene rings is 3. The Balaban J connectivity index is 1.60. The zero-order valence-electron chi connectivity index (χ0n) is 15.0. The van der Waals surface area contributed by atoms with Crippen LogP contribution in [0, 0.1) is 0 Å². The number of hydrogen-bond donors (Lipinski definition) is 0. The minimum atomic E-state index is -0.136. The fraction of sp³-hybridized carbons (Fsp3) is 0. The SMILES string of the molecule is O=C(C=Cc1ccccc1Oc1ccccc1)c1ccccc1-c1ncco1. The van der Waals surface area contributed by atoms with Crippen molar-refractivity contribution in [3.63, 3.8) is 0 Å². The number of carbonyl (C=O) groups is 1. The maximum atomic E-state index is 12.8. The molecule has 0 aliphatic carbocycles. The van der Waals surface area contributed by atoms with E-state index in [0.717, 1.165) is 11.3 Å². The maximum Gasteiger partial charge on any atom is 0.226 e. The Kier molecular flexibility index (Phi) is 5.11. The number of ketones is 1. The Morgan fingerprint density at radius 3 is 2.46 bits per heavy atom. The van der Waals surface area contributed by atoms with Crippen LogP contribution < -0.4 is 4.74 Å². The van der Waals surface area contributed by atoms with E-state index >= 15 is 0 Å². The van der Waals surface area contributed by atoms with Crippen molar-refractivity contribution in [2.75, 3.05) is 0 Å². The highest BCUT2D eigenvalue weighted by molar-refractivity contribution is 6.10. The van der Waals surface area contributed by atoms with E-state index in [9.17, 15) is 4.79 Å². The molecule has 0 fully saturated rings. The van der Waals surface area contributed by atoms with Crippen LogP contribution in [0.25, 0.3) is 17.5 Å². The first kappa shape index (κ1) is 17.5. The summed E-state index contributed by atoms with van der Waals surface area (Å²) in [7, 11) is 0. The lowest BCUT2D eigenvalue weighted by molar-refractivity contribution is 0.104. The van der Waals surface area contributed by atoms with Crippen LogP contribution in [-0.4, -0.2) is 10.8 Å². The number of rotatable bonds is 6. The molecule has 0 saturated carbocycles. The Morgan fingerprint density at radius 2 is 1.64 bits per heavy atom. The van der Waals surface area contributed by atoms with Gasteiger partial charge < -0.3 is 9.15 Å². The molecule has 0 saturated heterocycles. The van der Waals surface area contributed by atoms with E-state index in [2.05, 4.69) is 4.98 Å². The van der Waals surface area contributed by atoms with Crippen molar-refractivity contribution in [2.24, 2.45) is 0 Å². The largest absolute Gasteiger partial charge is 0.457 e. The molecule has 0 unspecified atom stereocenters. The van der Waals surface area contributed by atoms with Crippen molar-refractivity contribution in [1.82, 2.24) is 4.98 Å². The second-order valence-corrected chi connectivity index (χ2v) is 6.03. The Bertz CT molecular complexity index is 1100. The predicted octanol–water partition coefficient (Wildman–Crippen LogP) is 6.03. The molecular weight excluding hydrogens is 350 g/mol. The lowest BCUT2D eigenvalue weighted by atomic mass is 10.0. The Morgan fingerprint density at radius 1 is 0.893 bits per heavy atom. The van der Waals surface area contributed by atoms with Crippen LogP contribution in [0.4, 0.5) is 0 Å². The van der Waals surface area contributed by atoms with Crippen LogP contribution in [-0.2, 0) is 0 Å². The van der Waals surface area contributed by atoms with Gasteiger partial charge in [-0.25, -0.2) is 4.98 Å². The lowest BCUT2D eigenvalue weighted by Gasteiger charge is -2.08. The summed E-state index contributed by atoms with van der Waals surface area (Å²) in [6.07, 6.45) is 6.34. The molecule has 0 amide bonds. The summed E-state index contributed by atoms with van der Waals surface area (Å²) in [4.78, 5) is 17.0. The van der Waals surface area contributed by atoms with Gasteiger partial charge in [-0.05, 0) is 36.4 Å². The van der Waals surface area contributed by atoms with E-state index in [1.54, 1.807) is 18.3 Å². The lowest BCUT2D eigenvalue weighted by Crippen LogP contribution is -1.98. The van der Waals surface area contributed by atoms with Crippen LogP contribution in [0.3, 0.4) is 0 Å². The number of para-hydroxylation sites is 2. The van der Waals surface area contributed by atoms with Gasteiger partial charge in [-0.1, -0.05) is 54.6 Å². The minimum Gasteiger partial charge on any atom is -0.457 e. The summed E-state index contributed by atoms with van der Waals surface area (Å²) in [6.45, 7) is 0. The molecule has 4 heteroatoms. The zero-order chi connectivity index (χ0) is 19.2. The average molecular weight is 367 g/mol. The van der Waals surface area contributed by atoms with Crippen LogP contribution >= 0.6 is 0 Å². The summed E-state index contributed by atoms with van der Waals surface area (Å²) >= 11 is 0. The van der Waals surface area contributed by atoms with Crippen molar-refractivity contribution in [2.45, 2.75) is 0 Å². The number of carbonyl (C=O) groups excluding carboxylic acids is 1. The van der Waals surface area contributed by atoms with Crippen LogP contribution in [0.2, 0.25) is 0 Å². The number of nitrogens with zero attached hydrogens (tertiary/aromatic N) is 1. The molecule has 4 nitrogen and oxygen atoms in total. The zero-order valence-corrected chi connectivity index (χ0v) is 15.0. The van der Waals surface area contributed by atoms with Gasteiger partial charge in [-0.3, -0.25) is 4.79 Å². The predicted molar refractivity (Wildman–Crippen MR) is 108 cm³/mol. The first-order valence-electron chi connectivity index (χ1n) is 8.84. The Labute approximate surface area is 162 Å². The van der Waals surface area contributed by atoms with E-state index in [4.69, 9.17) is 9.15 Å². The van der Waals surface area contributed by atoms with Gasteiger partial charge in [0.2, 0.25) is 5.89 Å². The smallest absolute Gasteiger partial charge is 0.226 e. The number of allylic oxidation sites excluding steroid dienone is 1. The maximum absolute atomic E-state index is 12.8. The number of hydrogen-bond acceptors (Lipinski definition) is 4. The first-order valence-corrected chi connectivity index (χ1v) is 8.84. The number of oxazole rings is 1. The van der Waals surface area contributed by atoms with Gasteiger partial charge in [0.1, 0.15) is 17.8 Å². The van der Waals surface area contributed by atoms with Crippen molar-refractivity contribution in [3.8, 4) is 23.0 Å². The van der Waals surface area contributed by atoms with Gasteiger partial charge in [0.05, 0.1) is 6.20 Å². The number of ether oxygens (including phenoxy) is 1. The topological polar surface area (TPSA) is 52.3 Å². The number of aromatic nitrogens is 1. The summed E-state index contributed by atoms with van der Waals surface area (Å²) in [5.74, 6) is 1.70. The molecule has 0 spiro atoms. The molecule has 3 aromatic carbocycles. The van der Waals surface area contributed by atoms with E-state index in [-0.39, 0.29) is 5.78 Å². The van der Waals surface area contributed by atoms with Gasteiger partial charge in [-0.15, -0.1) is 0 Å². The monoisotopic (exact) mass is 367 g/mol. The molecule has 0 N–H and O–H groups in total. The third kappa shape index (κ3) is 3.91. The van der Waals surface area contributed by atoms with Gasteiger partial charge in [-0.2, -0.15) is 0 Å². The molecular formula is C24H17NO3. The van der Waals surface area contributed by atoms with E-state index in [0.29, 0.717) is 22.8 Å². The minimum absolute atomic E-state index is 0.136. The molecule has 0 bridgehead atoms. The summed E-state index contributed by atoms with van der Waals surface area (Å²) in [5.41, 5.74) is 2.01. The van der Waals surface area contributed by atoms with Gasteiger partial charge in [0.15, 0.2) is 5.78 Å². The van der Waals surface area contributed by atoms with Gasteiger partial charge in [0, 0.05) is 16.7 Å². The highest BCUT2D eigenvalue weighted by Crippen LogP contribution is 2.27. The highest BCUT2D eigenvalue weighted by Gasteiger charge is 2.13. The molecule has 1 heterocycles. The fourth-order valence-corrected chi connectivity index (χ4v) is 2.82. The van der Waals surface area contributed by atoms with Crippen molar-refractivity contribution < 1.29 is 13.9 Å². The highest BCUT2D eigenvalue weighted by atomic mass is 16.5. The van der Waals surface area contributed by atoms with E-state index in [1.165, 1.54) is 12.3 Å². The van der Waals surface area contributed by atoms with Crippen LogP contribution in [0.1, 0.15) is 15.9 Å². The van der Waals surface area contributed by atoms with Crippen LogP contribution in [0.5, 0.6) is 11.5 Å². The molecule has 4 aromatic rings. The average Bonchev–Trinajstić information content (AvgIpc) is 3.28. The molecule has 0 aliphatic heterocycles. The van der Waals surface area contributed by atoms with E-state index in [1.807, 2.05) is 72.8 Å². The standard InChI is InChI=1S/C24H17NO3/c26-22(20-11-5-6-12-21(20)24-25-16-17-27-24)15-14-18-8-4-7-13-23(18)28-19-9-2-1-3-10-19/h1-17H. The summed E-state index contributed by atoms with van der Waals surface area (Å²) in [6, 6.07) is 24.4. The summed E-state index contributed by atoms with van der Waals surface area (Å²) < 4.78 is 11.3. The molecule has 0 atom stereocenters. The second kappa shape index (κ2) is 8.18. The van der Waals surface area contributed by atoms with E-state index < -0.39 is 0 Å². The molecule has 136 valence electrons. The van der Waals surface area contributed by atoms with Crippen molar-refractivity contribution >= 4 is 11.9 Å². The molecule has 0 radical (unpaired) electrons. The molecule has 28 heavy (non-hydrogen) atoms. The molecule has 4 rings (SSSR count). The van der Waals surface area contributed by atoms with Gasteiger partial charge in [0.25, 0.3) is 0 Å². The fourth-order valence-electron chi connectivity index (χ4n) is 2.82. The normalized spacial score (nSPS) is 10.9. The quantitative estimate of drug-likeness (QED) is 0.308. The third-order valence-electron chi connectivity index (χ3n) is 4.16. The van der Waals surface area contributed by atoms with Gasteiger partial charge >= 0.3 is 0 Å². The Hall–Kier alpha value is -3.92. The summed E-state index contributed by atoms with van der Waals surface area (Å²) in [5, 5.41) is 0.